The number of hydrogen-bond donors (Lipinski definition) is 1. The summed E-state index contributed by atoms with van der Waals surface area (Å²) < 4.78 is 40.1. The molecule has 0 unspecified atom stereocenters. The van der Waals surface area contributed by atoms with E-state index in [-0.39, 0.29) is 24.1 Å². The van der Waals surface area contributed by atoms with Crippen LogP contribution in [-0.2, 0) is 20.6 Å². The maximum absolute atomic E-state index is 13.1. The number of piperidine rings is 1. The molecule has 1 aliphatic heterocycles. The number of carbonyl (C=O) groups excluding carboxylic acids is 1. The van der Waals surface area contributed by atoms with Gasteiger partial charge in [0.25, 0.3) is 0 Å². The maximum Gasteiger partial charge on any atom is 0.228 e. The molecular weight excluding hydrogens is 391 g/mol. The van der Waals surface area contributed by atoms with Gasteiger partial charge in [-0.05, 0) is 48.1 Å². The number of rotatable bonds is 6. The lowest BCUT2D eigenvalue weighted by Crippen LogP contribution is -2.44. The van der Waals surface area contributed by atoms with E-state index in [0.717, 1.165) is 11.3 Å². The first-order valence-corrected chi connectivity index (χ1v) is 11.5. The first-order valence-electron chi connectivity index (χ1n) is 9.88. The smallest absolute Gasteiger partial charge is 0.228 e. The minimum absolute atomic E-state index is 0.153. The summed E-state index contributed by atoms with van der Waals surface area (Å²) in [5.41, 5.74) is 2.36. The van der Waals surface area contributed by atoms with Gasteiger partial charge in [-0.1, -0.05) is 44.2 Å². The molecule has 2 aromatic rings. The van der Waals surface area contributed by atoms with Crippen molar-refractivity contribution in [3.05, 3.63) is 65.5 Å². The highest BCUT2D eigenvalue weighted by atomic mass is 32.2. The minimum atomic E-state index is -3.58. The molecule has 0 aromatic heterocycles. The first-order chi connectivity index (χ1) is 13.8. The van der Waals surface area contributed by atoms with Gasteiger partial charge in [0.15, 0.2) is 0 Å². The Balaban J connectivity index is 1.68. The highest BCUT2D eigenvalue weighted by molar-refractivity contribution is 7.88. The van der Waals surface area contributed by atoms with E-state index in [4.69, 9.17) is 0 Å². The van der Waals surface area contributed by atoms with Crippen molar-refractivity contribution in [1.82, 2.24) is 4.31 Å². The largest absolute Gasteiger partial charge is 0.326 e. The number of nitrogens with one attached hydrogen (secondary N) is 1. The number of nitrogens with zero attached hydrogens (tertiary/aromatic N) is 1. The monoisotopic (exact) mass is 418 g/mol. The molecule has 1 atom stereocenters. The van der Waals surface area contributed by atoms with E-state index < -0.39 is 21.8 Å². The minimum Gasteiger partial charge on any atom is -0.326 e. The number of hydrogen-bond acceptors (Lipinski definition) is 3. The number of anilines is 1. The Kier molecular flexibility index (Phi) is 6.70. The normalized spacial score (nSPS) is 18.0. The van der Waals surface area contributed by atoms with Crippen molar-refractivity contribution >= 4 is 21.6 Å². The average molecular weight is 419 g/mol. The van der Waals surface area contributed by atoms with Crippen LogP contribution in [0.3, 0.4) is 0 Å². The van der Waals surface area contributed by atoms with Crippen LogP contribution < -0.4 is 5.32 Å². The van der Waals surface area contributed by atoms with Crippen LogP contribution in [0.15, 0.2) is 48.5 Å². The van der Waals surface area contributed by atoms with Gasteiger partial charge in [0.1, 0.15) is 5.82 Å². The summed E-state index contributed by atoms with van der Waals surface area (Å²) in [6, 6.07) is 13.1. The van der Waals surface area contributed by atoms with Crippen LogP contribution in [0.4, 0.5) is 10.1 Å². The van der Waals surface area contributed by atoms with E-state index in [1.165, 1.54) is 28.6 Å². The zero-order valence-electron chi connectivity index (χ0n) is 16.8. The summed E-state index contributed by atoms with van der Waals surface area (Å²) in [5.74, 6) is -0.877. The second kappa shape index (κ2) is 9.05. The molecule has 7 heteroatoms. The molecule has 0 radical (unpaired) electrons. The predicted octanol–water partition coefficient (Wildman–Crippen LogP) is 4.13. The summed E-state index contributed by atoms with van der Waals surface area (Å²) in [6.45, 7) is 4.69. The Morgan fingerprint density at radius 3 is 2.55 bits per heavy atom. The van der Waals surface area contributed by atoms with Crippen LogP contribution in [0.25, 0.3) is 0 Å². The number of carbonyl (C=O) groups is 1. The molecule has 156 valence electrons. The highest BCUT2D eigenvalue weighted by Crippen LogP contribution is 2.26. The molecule has 0 aliphatic carbocycles. The predicted molar refractivity (Wildman–Crippen MR) is 112 cm³/mol. The van der Waals surface area contributed by atoms with Gasteiger partial charge in [0.2, 0.25) is 15.9 Å². The van der Waals surface area contributed by atoms with E-state index in [1.807, 2.05) is 24.3 Å². The third-order valence-corrected chi connectivity index (χ3v) is 7.07. The van der Waals surface area contributed by atoms with Gasteiger partial charge in [0.05, 0.1) is 11.7 Å². The SMILES string of the molecule is CC(C)c1ccccc1NC(=O)[C@@H]1CCCN(S(=O)(=O)Cc2ccc(F)cc2)C1. The molecule has 1 heterocycles. The van der Waals surface area contributed by atoms with Crippen molar-refractivity contribution in [3.63, 3.8) is 0 Å². The summed E-state index contributed by atoms with van der Waals surface area (Å²) in [5, 5.41) is 2.99. The number of sulfonamides is 1. The molecule has 29 heavy (non-hydrogen) atoms. The Morgan fingerprint density at radius 1 is 1.17 bits per heavy atom. The third kappa shape index (κ3) is 5.42. The molecule has 0 saturated carbocycles. The number of benzene rings is 2. The van der Waals surface area contributed by atoms with Crippen LogP contribution in [-0.4, -0.2) is 31.7 Å². The van der Waals surface area contributed by atoms with Crippen LogP contribution in [0.5, 0.6) is 0 Å². The summed E-state index contributed by atoms with van der Waals surface area (Å²) >= 11 is 0. The topological polar surface area (TPSA) is 66.5 Å². The molecule has 1 aliphatic rings. The zero-order chi connectivity index (χ0) is 21.0. The van der Waals surface area contributed by atoms with Crippen LogP contribution in [0.1, 0.15) is 43.7 Å². The summed E-state index contributed by atoms with van der Waals surface area (Å²) in [7, 11) is -3.58. The van der Waals surface area contributed by atoms with Gasteiger partial charge in [0, 0.05) is 18.8 Å². The van der Waals surface area contributed by atoms with Crippen LogP contribution in [0.2, 0.25) is 0 Å². The van der Waals surface area contributed by atoms with Crippen LogP contribution >= 0.6 is 0 Å². The van der Waals surface area contributed by atoms with E-state index in [2.05, 4.69) is 19.2 Å². The van der Waals surface area contributed by atoms with Crippen molar-refractivity contribution in [2.75, 3.05) is 18.4 Å². The van der Waals surface area contributed by atoms with Gasteiger partial charge in [-0.25, -0.2) is 17.1 Å². The lowest BCUT2D eigenvalue weighted by Gasteiger charge is -2.31. The maximum atomic E-state index is 13.1. The molecule has 5 nitrogen and oxygen atoms in total. The molecular formula is C22H27FN2O3S. The fourth-order valence-electron chi connectivity index (χ4n) is 3.64. The van der Waals surface area contributed by atoms with E-state index in [1.54, 1.807) is 0 Å². The van der Waals surface area contributed by atoms with Crippen LogP contribution in [0, 0.1) is 11.7 Å². The van der Waals surface area contributed by atoms with Gasteiger partial charge in [-0.2, -0.15) is 0 Å². The van der Waals surface area contributed by atoms with Crippen molar-refractivity contribution in [1.29, 1.82) is 0 Å². The number of para-hydroxylation sites is 1. The summed E-state index contributed by atoms with van der Waals surface area (Å²) in [6.07, 6.45) is 1.28. The van der Waals surface area contributed by atoms with Gasteiger partial charge in [-0.3, -0.25) is 4.79 Å². The number of halogens is 1. The molecule has 1 N–H and O–H groups in total. The molecule has 3 rings (SSSR count). The Hall–Kier alpha value is -2.25. The first kappa shape index (κ1) is 21.5. The summed E-state index contributed by atoms with van der Waals surface area (Å²) in [4.78, 5) is 12.8. The molecule has 2 aromatic carbocycles. The Labute approximate surface area is 172 Å². The van der Waals surface area contributed by atoms with Crippen molar-refractivity contribution < 1.29 is 17.6 Å². The van der Waals surface area contributed by atoms with E-state index >= 15 is 0 Å². The van der Waals surface area contributed by atoms with Crippen molar-refractivity contribution in [2.45, 2.75) is 38.4 Å². The van der Waals surface area contributed by atoms with Gasteiger partial charge in [-0.15, -0.1) is 0 Å². The molecule has 1 fully saturated rings. The molecule has 1 amide bonds. The lowest BCUT2D eigenvalue weighted by molar-refractivity contribution is -0.120. The van der Waals surface area contributed by atoms with E-state index in [0.29, 0.717) is 24.9 Å². The van der Waals surface area contributed by atoms with Crippen molar-refractivity contribution in [3.8, 4) is 0 Å². The second-order valence-corrected chi connectivity index (χ2v) is 9.78. The number of amides is 1. The molecule has 1 saturated heterocycles. The lowest BCUT2D eigenvalue weighted by atomic mass is 9.97. The van der Waals surface area contributed by atoms with Gasteiger partial charge < -0.3 is 5.32 Å². The van der Waals surface area contributed by atoms with Gasteiger partial charge >= 0.3 is 0 Å². The highest BCUT2D eigenvalue weighted by Gasteiger charge is 2.32. The third-order valence-electron chi connectivity index (χ3n) is 5.25. The fourth-order valence-corrected chi connectivity index (χ4v) is 5.25. The fraction of sp³-hybridized carbons (Fsp3) is 0.409. The second-order valence-electron chi connectivity index (χ2n) is 7.81. The standard InChI is InChI=1S/C22H27FN2O3S/c1-16(2)20-7-3-4-8-21(20)24-22(26)18-6-5-13-25(14-18)29(27,28)15-17-9-11-19(23)12-10-17/h3-4,7-12,16,18H,5-6,13-15H2,1-2H3,(H,24,26)/t18-/m1/s1. The van der Waals surface area contributed by atoms with Crippen molar-refractivity contribution in [2.24, 2.45) is 5.92 Å². The van der Waals surface area contributed by atoms with E-state index in [9.17, 15) is 17.6 Å². The quantitative estimate of drug-likeness (QED) is 0.767. The Morgan fingerprint density at radius 2 is 1.86 bits per heavy atom. The molecule has 0 bridgehead atoms. The molecule has 0 spiro atoms. The Bertz CT molecular complexity index is 958. The average Bonchev–Trinajstić information content (AvgIpc) is 2.70. The zero-order valence-corrected chi connectivity index (χ0v) is 17.6.